The average Bonchev–Trinajstić information content (AvgIpc) is 3.11. The quantitative estimate of drug-likeness (QED) is 0.262. The Morgan fingerprint density at radius 3 is 2.50 bits per heavy atom. The number of hydrogen-bond acceptors (Lipinski definition) is 4. The Bertz CT molecular complexity index is 992. The number of fused-ring (bicyclic) bond motifs is 1. The number of nitrogens with one attached hydrogen (secondary N) is 1. The van der Waals surface area contributed by atoms with Crippen molar-refractivity contribution in [3.05, 3.63) is 70.4 Å². The van der Waals surface area contributed by atoms with E-state index in [4.69, 9.17) is 21.1 Å². The summed E-state index contributed by atoms with van der Waals surface area (Å²) in [6.07, 6.45) is 0.532. The van der Waals surface area contributed by atoms with Gasteiger partial charge < -0.3 is 14.5 Å². The molecule has 0 fully saturated rings. The summed E-state index contributed by atoms with van der Waals surface area (Å²) in [6, 6.07) is 12.5. The molecule has 0 amide bonds. The molecule has 3 rings (SSSR count). The fourth-order valence-electron chi connectivity index (χ4n) is 3.23. The van der Waals surface area contributed by atoms with Gasteiger partial charge in [0.15, 0.2) is 5.78 Å². The summed E-state index contributed by atoms with van der Waals surface area (Å²) < 4.78 is 10.4. The number of carbonyl (C=O) groups is 2. The van der Waals surface area contributed by atoms with Crippen LogP contribution in [-0.4, -0.2) is 37.1 Å². The highest BCUT2D eigenvalue weighted by atomic mass is 35.5. The van der Waals surface area contributed by atoms with Gasteiger partial charge in [-0.3, -0.25) is 4.79 Å². The molecule has 0 saturated carbocycles. The lowest BCUT2D eigenvalue weighted by Crippen LogP contribution is -2.09. The van der Waals surface area contributed by atoms with E-state index in [-0.39, 0.29) is 5.78 Å². The van der Waals surface area contributed by atoms with Gasteiger partial charge in [-0.1, -0.05) is 30.3 Å². The van der Waals surface area contributed by atoms with E-state index in [0.717, 1.165) is 16.8 Å². The van der Waals surface area contributed by atoms with E-state index < -0.39 is 5.97 Å². The first-order valence-electron chi connectivity index (χ1n) is 9.09. The minimum atomic E-state index is -0.479. The van der Waals surface area contributed by atoms with Gasteiger partial charge in [-0.2, -0.15) is 0 Å². The molecule has 0 aliphatic heterocycles. The average molecular weight is 400 g/mol. The maximum absolute atomic E-state index is 13.4. The van der Waals surface area contributed by atoms with E-state index in [1.165, 1.54) is 7.11 Å². The van der Waals surface area contributed by atoms with E-state index in [1.807, 2.05) is 25.1 Å². The lowest BCUT2D eigenvalue weighted by molar-refractivity contribution is 0.0603. The first kappa shape index (κ1) is 20.1. The Labute approximate surface area is 168 Å². The number of rotatable bonds is 8. The Kier molecular flexibility index (Phi) is 6.49. The largest absolute Gasteiger partial charge is 0.465 e. The fraction of sp³-hybridized carbons (Fsp3) is 0.273. The number of hydrogen-bond donors (Lipinski definition) is 1. The molecule has 0 saturated heterocycles. The Hall–Kier alpha value is -2.63. The van der Waals surface area contributed by atoms with Crippen LogP contribution in [0.5, 0.6) is 0 Å². The smallest absolute Gasteiger partial charge is 0.338 e. The third-order valence-corrected chi connectivity index (χ3v) is 4.91. The SMILES string of the molecule is CCOCCc1[nH]c2cccc(C(=O)OC)c2c1C(=O)c1ccc(CCl)cc1. The number of aromatic nitrogens is 1. The minimum absolute atomic E-state index is 0.157. The molecule has 6 heteroatoms. The molecule has 0 radical (unpaired) electrons. The predicted molar refractivity (Wildman–Crippen MR) is 109 cm³/mol. The van der Waals surface area contributed by atoms with E-state index in [0.29, 0.717) is 47.6 Å². The number of benzene rings is 2. The lowest BCUT2D eigenvalue weighted by atomic mass is 9.96. The minimum Gasteiger partial charge on any atom is -0.465 e. The van der Waals surface area contributed by atoms with Gasteiger partial charge in [0, 0.05) is 41.1 Å². The van der Waals surface area contributed by atoms with Crippen LogP contribution in [0.2, 0.25) is 0 Å². The third kappa shape index (κ3) is 3.96. The van der Waals surface area contributed by atoms with Gasteiger partial charge in [-0.25, -0.2) is 4.79 Å². The van der Waals surface area contributed by atoms with Crippen LogP contribution in [0.25, 0.3) is 10.9 Å². The van der Waals surface area contributed by atoms with Gasteiger partial charge in [-0.15, -0.1) is 11.6 Å². The van der Waals surface area contributed by atoms with Crippen LogP contribution < -0.4 is 0 Å². The van der Waals surface area contributed by atoms with Crippen LogP contribution in [0.3, 0.4) is 0 Å². The number of methoxy groups -OCH3 is 1. The van der Waals surface area contributed by atoms with Crippen molar-refractivity contribution < 1.29 is 19.1 Å². The second-order valence-corrected chi connectivity index (χ2v) is 6.57. The van der Waals surface area contributed by atoms with Gasteiger partial charge in [-0.05, 0) is 24.6 Å². The molecule has 2 aromatic carbocycles. The first-order valence-corrected chi connectivity index (χ1v) is 9.63. The highest BCUT2D eigenvalue weighted by molar-refractivity contribution is 6.21. The summed E-state index contributed by atoms with van der Waals surface area (Å²) in [5, 5.41) is 0.576. The van der Waals surface area contributed by atoms with Crippen molar-refractivity contribution in [2.45, 2.75) is 19.2 Å². The number of halogens is 1. The summed E-state index contributed by atoms with van der Waals surface area (Å²) in [4.78, 5) is 29.0. The van der Waals surface area contributed by atoms with E-state index in [1.54, 1.807) is 24.3 Å². The van der Waals surface area contributed by atoms with Crippen LogP contribution in [-0.2, 0) is 21.8 Å². The Balaban J connectivity index is 2.16. The molecular formula is C22H22ClNO4. The van der Waals surface area contributed by atoms with Crippen molar-refractivity contribution in [3.63, 3.8) is 0 Å². The van der Waals surface area contributed by atoms with Gasteiger partial charge in [0.05, 0.1) is 24.8 Å². The first-order chi connectivity index (χ1) is 13.6. The maximum atomic E-state index is 13.4. The number of H-pyrrole nitrogens is 1. The molecule has 5 nitrogen and oxygen atoms in total. The third-order valence-electron chi connectivity index (χ3n) is 4.61. The zero-order valence-electron chi connectivity index (χ0n) is 15.9. The van der Waals surface area contributed by atoms with Gasteiger partial charge in [0.1, 0.15) is 0 Å². The van der Waals surface area contributed by atoms with E-state index in [2.05, 4.69) is 4.98 Å². The van der Waals surface area contributed by atoms with Crippen LogP contribution in [0, 0.1) is 0 Å². The van der Waals surface area contributed by atoms with E-state index >= 15 is 0 Å². The van der Waals surface area contributed by atoms with Crippen molar-refractivity contribution in [2.75, 3.05) is 20.3 Å². The normalized spacial score (nSPS) is 11.0. The van der Waals surface area contributed by atoms with E-state index in [9.17, 15) is 9.59 Å². The van der Waals surface area contributed by atoms with Crippen LogP contribution in [0.4, 0.5) is 0 Å². The molecule has 0 atom stereocenters. The Morgan fingerprint density at radius 2 is 1.86 bits per heavy atom. The summed E-state index contributed by atoms with van der Waals surface area (Å²) in [5.41, 5.74) is 3.77. The van der Waals surface area contributed by atoms with Crippen LogP contribution in [0.15, 0.2) is 42.5 Å². The number of carbonyl (C=O) groups excluding carboxylic acids is 2. The topological polar surface area (TPSA) is 68.4 Å². The molecule has 0 aliphatic carbocycles. The van der Waals surface area contributed by atoms with Crippen molar-refractivity contribution in [1.82, 2.24) is 4.98 Å². The van der Waals surface area contributed by atoms with Crippen molar-refractivity contribution >= 4 is 34.3 Å². The van der Waals surface area contributed by atoms with Crippen LogP contribution in [0.1, 0.15) is 44.5 Å². The monoisotopic (exact) mass is 399 g/mol. The lowest BCUT2D eigenvalue weighted by Gasteiger charge is -2.08. The molecular weight excluding hydrogens is 378 g/mol. The molecule has 1 aromatic heterocycles. The van der Waals surface area contributed by atoms with Crippen molar-refractivity contribution in [1.29, 1.82) is 0 Å². The molecule has 1 heterocycles. The second-order valence-electron chi connectivity index (χ2n) is 6.30. The predicted octanol–water partition coefficient (Wildman–Crippen LogP) is 4.50. The van der Waals surface area contributed by atoms with Crippen molar-refractivity contribution in [3.8, 4) is 0 Å². The van der Waals surface area contributed by atoms with Gasteiger partial charge >= 0.3 is 5.97 Å². The van der Waals surface area contributed by atoms with Crippen molar-refractivity contribution in [2.24, 2.45) is 0 Å². The summed E-state index contributed by atoms with van der Waals surface area (Å²) in [7, 11) is 1.33. The summed E-state index contributed by atoms with van der Waals surface area (Å²) in [6.45, 7) is 2.99. The highest BCUT2D eigenvalue weighted by Crippen LogP contribution is 2.29. The molecule has 28 heavy (non-hydrogen) atoms. The zero-order chi connectivity index (χ0) is 20.1. The molecule has 146 valence electrons. The molecule has 1 N–H and O–H groups in total. The van der Waals surface area contributed by atoms with Gasteiger partial charge in [0.2, 0.25) is 0 Å². The standard InChI is InChI=1S/C22H22ClNO4/c1-3-28-12-11-18-20(21(25)15-9-7-14(13-23)8-10-15)19-16(22(26)27-2)5-4-6-17(19)24-18/h4-10,24H,3,11-13H2,1-2H3. The second kappa shape index (κ2) is 9.04. The zero-order valence-corrected chi connectivity index (χ0v) is 16.6. The number of alkyl halides is 1. The highest BCUT2D eigenvalue weighted by Gasteiger charge is 2.24. The molecule has 0 aliphatic rings. The molecule has 3 aromatic rings. The fourth-order valence-corrected chi connectivity index (χ4v) is 3.41. The Morgan fingerprint density at radius 1 is 1.11 bits per heavy atom. The maximum Gasteiger partial charge on any atom is 0.338 e. The van der Waals surface area contributed by atoms with Crippen LogP contribution >= 0.6 is 11.6 Å². The molecule has 0 bridgehead atoms. The summed E-state index contributed by atoms with van der Waals surface area (Å²) >= 11 is 5.85. The molecule has 0 spiro atoms. The number of aromatic amines is 1. The summed E-state index contributed by atoms with van der Waals surface area (Å²) in [5.74, 6) is -0.254. The van der Waals surface area contributed by atoms with Gasteiger partial charge in [0.25, 0.3) is 0 Å². The molecule has 0 unspecified atom stereocenters. The number of ketones is 1. The number of esters is 1. The number of ether oxygens (including phenoxy) is 2.